The van der Waals surface area contributed by atoms with Gasteiger partial charge in [-0.2, -0.15) is 0 Å². The molecule has 1 aliphatic heterocycles. The molecule has 14 heavy (non-hydrogen) atoms. The zero-order chi connectivity index (χ0) is 10.9. The Morgan fingerprint density at radius 3 is 2.14 bits per heavy atom. The number of piperidine rings is 1. The Balaban J connectivity index is 2.78. The summed E-state index contributed by atoms with van der Waals surface area (Å²) in [5, 5.41) is 0. The molecule has 1 heterocycles. The molecule has 2 nitrogen and oxygen atoms in total. The minimum absolute atomic E-state index is 0.117. The van der Waals surface area contributed by atoms with E-state index in [1.54, 1.807) is 0 Å². The predicted molar refractivity (Wildman–Crippen MR) is 57.8 cm³/mol. The fourth-order valence-corrected chi connectivity index (χ4v) is 1.95. The van der Waals surface area contributed by atoms with Crippen LogP contribution in [-0.4, -0.2) is 29.3 Å². The average Bonchev–Trinajstić information content (AvgIpc) is 2.13. The van der Waals surface area contributed by atoms with Gasteiger partial charge in [-0.25, -0.2) is 0 Å². The summed E-state index contributed by atoms with van der Waals surface area (Å²) in [4.78, 5) is 13.8. The van der Waals surface area contributed by atoms with Gasteiger partial charge >= 0.3 is 0 Å². The first-order valence-electron chi connectivity index (χ1n) is 5.15. The Morgan fingerprint density at radius 1 is 1.36 bits per heavy atom. The molecule has 2 heteroatoms. The lowest BCUT2D eigenvalue weighted by molar-refractivity contribution is -0.131. The van der Waals surface area contributed by atoms with E-state index in [1.807, 2.05) is 27.7 Å². The van der Waals surface area contributed by atoms with Gasteiger partial charge in [0.1, 0.15) is 5.78 Å². The molecule has 0 amide bonds. The molecule has 0 bridgehead atoms. The van der Waals surface area contributed by atoms with Crippen molar-refractivity contribution in [2.75, 3.05) is 13.1 Å². The molecule has 0 aromatic rings. The second-order valence-electron chi connectivity index (χ2n) is 4.81. The average molecular weight is 193 g/mol. The highest BCUT2D eigenvalue weighted by molar-refractivity contribution is 5.84. The number of hydrogen-bond acceptors (Lipinski definition) is 2. The van der Waals surface area contributed by atoms with Crippen molar-refractivity contribution in [3.05, 3.63) is 0 Å². The van der Waals surface area contributed by atoms with Gasteiger partial charge in [-0.1, -0.05) is 19.8 Å². The van der Waals surface area contributed by atoms with Crippen LogP contribution in [0, 0.1) is 24.2 Å². The predicted octanol–water partition coefficient (Wildman–Crippen LogP) is 1.56. The van der Waals surface area contributed by atoms with Gasteiger partial charge < -0.3 is 0 Å². The van der Waals surface area contributed by atoms with Gasteiger partial charge in [-0.15, -0.1) is 6.42 Å². The van der Waals surface area contributed by atoms with Crippen molar-refractivity contribution < 1.29 is 4.79 Å². The summed E-state index contributed by atoms with van der Waals surface area (Å²) in [5.74, 6) is 3.39. The number of nitrogens with zero attached hydrogens (tertiary/aromatic N) is 1. The first-order valence-corrected chi connectivity index (χ1v) is 5.15. The third-order valence-electron chi connectivity index (χ3n) is 3.10. The van der Waals surface area contributed by atoms with Crippen LogP contribution in [0.3, 0.4) is 0 Å². The Hall–Kier alpha value is -0.810. The summed E-state index contributed by atoms with van der Waals surface area (Å²) in [6.45, 7) is 9.61. The van der Waals surface area contributed by atoms with E-state index in [0.29, 0.717) is 5.78 Å². The highest BCUT2D eigenvalue weighted by Crippen LogP contribution is 2.24. The molecule has 0 saturated carbocycles. The van der Waals surface area contributed by atoms with E-state index in [0.717, 1.165) is 13.1 Å². The van der Waals surface area contributed by atoms with Gasteiger partial charge in [0.25, 0.3) is 0 Å². The van der Waals surface area contributed by atoms with Crippen LogP contribution in [0.15, 0.2) is 0 Å². The van der Waals surface area contributed by atoms with Crippen LogP contribution < -0.4 is 0 Å². The maximum atomic E-state index is 11.6. The van der Waals surface area contributed by atoms with E-state index in [2.05, 4.69) is 10.8 Å². The number of hydrogen-bond donors (Lipinski definition) is 0. The molecule has 0 radical (unpaired) electrons. The van der Waals surface area contributed by atoms with E-state index in [9.17, 15) is 4.79 Å². The number of carbonyl (C=O) groups is 1. The molecular formula is C12H19NO. The Kier molecular flexibility index (Phi) is 3.01. The van der Waals surface area contributed by atoms with E-state index in [4.69, 9.17) is 6.42 Å². The van der Waals surface area contributed by atoms with Crippen molar-refractivity contribution in [2.45, 2.75) is 33.2 Å². The summed E-state index contributed by atoms with van der Waals surface area (Å²) in [6, 6.07) is 0. The topological polar surface area (TPSA) is 20.3 Å². The standard InChI is InChI=1S/C12H19NO/c1-6-12(4,5)13-7-9(2)11(14)10(3)8-13/h1,9-10H,7-8H2,2-5H3/t9-,10-/m1/s1. The monoisotopic (exact) mass is 193 g/mol. The van der Waals surface area contributed by atoms with Crippen LogP contribution in [-0.2, 0) is 4.79 Å². The SMILES string of the molecule is C#CC(C)(C)N1C[C@@H](C)C(=O)[C@H](C)C1. The summed E-state index contributed by atoms with van der Waals surface area (Å²) in [5.41, 5.74) is -0.233. The molecule has 0 aliphatic carbocycles. The van der Waals surface area contributed by atoms with Crippen LogP contribution in [0.1, 0.15) is 27.7 Å². The maximum Gasteiger partial charge on any atom is 0.141 e. The maximum absolute atomic E-state index is 11.6. The normalized spacial score (nSPS) is 30.1. The van der Waals surface area contributed by atoms with Crippen LogP contribution >= 0.6 is 0 Å². The minimum atomic E-state index is -0.233. The van der Waals surface area contributed by atoms with Crippen LogP contribution in [0.5, 0.6) is 0 Å². The Bertz CT molecular complexity index is 261. The molecule has 0 aromatic carbocycles. The largest absolute Gasteiger partial charge is 0.299 e. The Labute approximate surface area is 86.7 Å². The molecule has 1 aliphatic rings. The van der Waals surface area contributed by atoms with Crippen molar-refractivity contribution in [2.24, 2.45) is 11.8 Å². The molecule has 78 valence electrons. The van der Waals surface area contributed by atoms with Crippen LogP contribution in [0.25, 0.3) is 0 Å². The second kappa shape index (κ2) is 3.74. The van der Waals surface area contributed by atoms with E-state index >= 15 is 0 Å². The minimum Gasteiger partial charge on any atom is -0.299 e. The van der Waals surface area contributed by atoms with E-state index in [1.165, 1.54) is 0 Å². The summed E-state index contributed by atoms with van der Waals surface area (Å²) in [6.07, 6.45) is 5.49. The zero-order valence-electron chi connectivity index (χ0n) is 9.50. The summed E-state index contributed by atoms with van der Waals surface area (Å²) >= 11 is 0. The van der Waals surface area contributed by atoms with Gasteiger partial charge in [-0.3, -0.25) is 9.69 Å². The lowest BCUT2D eigenvalue weighted by atomic mass is 9.87. The first-order chi connectivity index (χ1) is 6.38. The highest BCUT2D eigenvalue weighted by Gasteiger charge is 2.35. The smallest absolute Gasteiger partial charge is 0.141 e. The summed E-state index contributed by atoms with van der Waals surface area (Å²) in [7, 11) is 0. The van der Waals surface area contributed by atoms with Crippen LogP contribution in [0.2, 0.25) is 0 Å². The first kappa shape index (κ1) is 11.3. The lowest BCUT2D eigenvalue weighted by Crippen LogP contribution is -2.53. The van der Waals surface area contributed by atoms with Gasteiger partial charge in [0.05, 0.1) is 5.54 Å². The van der Waals surface area contributed by atoms with Gasteiger partial charge in [0.15, 0.2) is 0 Å². The number of rotatable bonds is 1. The fourth-order valence-electron chi connectivity index (χ4n) is 1.95. The number of carbonyl (C=O) groups excluding carboxylic acids is 1. The zero-order valence-corrected chi connectivity index (χ0v) is 9.50. The van der Waals surface area contributed by atoms with Crippen molar-refractivity contribution in [3.8, 4) is 12.3 Å². The van der Waals surface area contributed by atoms with E-state index in [-0.39, 0.29) is 17.4 Å². The molecule has 2 atom stereocenters. The van der Waals surface area contributed by atoms with Gasteiger partial charge in [0.2, 0.25) is 0 Å². The molecule has 0 aromatic heterocycles. The van der Waals surface area contributed by atoms with Gasteiger partial charge in [-0.05, 0) is 13.8 Å². The highest BCUT2D eigenvalue weighted by atomic mass is 16.1. The fraction of sp³-hybridized carbons (Fsp3) is 0.750. The molecule has 1 rings (SSSR count). The number of Topliss-reactive ketones (excluding diaryl/α,β-unsaturated/α-hetero) is 1. The number of terminal acetylenes is 1. The molecule has 0 unspecified atom stereocenters. The second-order valence-corrected chi connectivity index (χ2v) is 4.81. The third kappa shape index (κ3) is 1.99. The van der Waals surface area contributed by atoms with Gasteiger partial charge in [0, 0.05) is 24.9 Å². The number of likely N-dealkylation sites (tertiary alicyclic amines) is 1. The Morgan fingerprint density at radius 2 is 1.79 bits per heavy atom. The lowest BCUT2D eigenvalue weighted by Gasteiger charge is -2.41. The number of ketones is 1. The van der Waals surface area contributed by atoms with Crippen molar-refractivity contribution >= 4 is 5.78 Å². The van der Waals surface area contributed by atoms with Crippen molar-refractivity contribution in [3.63, 3.8) is 0 Å². The molecule has 0 spiro atoms. The quantitative estimate of drug-likeness (QED) is 0.589. The summed E-state index contributed by atoms with van der Waals surface area (Å²) < 4.78 is 0. The van der Waals surface area contributed by atoms with E-state index < -0.39 is 0 Å². The molecule has 0 N–H and O–H groups in total. The van der Waals surface area contributed by atoms with Crippen molar-refractivity contribution in [1.82, 2.24) is 4.90 Å². The molecule has 1 saturated heterocycles. The molecule has 1 fully saturated rings. The molecular weight excluding hydrogens is 174 g/mol. The van der Waals surface area contributed by atoms with Crippen LogP contribution in [0.4, 0.5) is 0 Å². The van der Waals surface area contributed by atoms with Crippen molar-refractivity contribution in [1.29, 1.82) is 0 Å². The third-order valence-corrected chi connectivity index (χ3v) is 3.10.